The van der Waals surface area contributed by atoms with Crippen LogP contribution in [0.3, 0.4) is 0 Å². The first kappa shape index (κ1) is 21.8. The van der Waals surface area contributed by atoms with E-state index in [1.807, 2.05) is 18.2 Å². The molecular formula is C22H21ClN6O3. The highest BCUT2D eigenvalue weighted by Crippen LogP contribution is 2.40. The van der Waals surface area contributed by atoms with E-state index in [-0.39, 0.29) is 19.2 Å². The van der Waals surface area contributed by atoms with Crippen LogP contribution in [-0.4, -0.2) is 44.7 Å². The van der Waals surface area contributed by atoms with Gasteiger partial charge in [0, 0.05) is 18.0 Å². The molecule has 3 heterocycles. The largest absolute Gasteiger partial charge is 0.394 e. The Hall–Kier alpha value is -3.42. The molecular weight excluding hydrogens is 432 g/mol. The molecule has 5 N–H and O–H groups in total. The monoisotopic (exact) mass is 452 g/mol. The Bertz CT molecular complexity index is 1180. The van der Waals surface area contributed by atoms with Crippen molar-refractivity contribution in [1.29, 1.82) is 0 Å². The van der Waals surface area contributed by atoms with E-state index < -0.39 is 12.0 Å². The highest BCUT2D eigenvalue weighted by Gasteiger charge is 2.32. The van der Waals surface area contributed by atoms with Gasteiger partial charge in [0.15, 0.2) is 5.60 Å². The van der Waals surface area contributed by atoms with E-state index in [0.717, 1.165) is 11.4 Å². The number of aliphatic hydroxyl groups is 2. The summed E-state index contributed by atoms with van der Waals surface area (Å²) < 4.78 is 5.73. The van der Waals surface area contributed by atoms with Crippen LogP contribution in [0.2, 0.25) is 5.02 Å². The molecule has 3 aromatic rings. The van der Waals surface area contributed by atoms with Crippen molar-refractivity contribution in [2.75, 3.05) is 29.2 Å². The van der Waals surface area contributed by atoms with Crippen LogP contribution in [0.25, 0.3) is 0 Å². The van der Waals surface area contributed by atoms with Crippen molar-refractivity contribution >= 4 is 34.7 Å². The Balaban J connectivity index is 1.68. The van der Waals surface area contributed by atoms with Crippen LogP contribution >= 0.6 is 11.6 Å². The first-order valence-corrected chi connectivity index (χ1v) is 10.1. The minimum atomic E-state index is -1.46. The zero-order valence-electron chi connectivity index (χ0n) is 17.2. The van der Waals surface area contributed by atoms with Crippen LogP contribution in [0, 0.1) is 11.8 Å². The summed E-state index contributed by atoms with van der Waals surface area (Å²) in [4.78, 5) is 14.2. The van der Waals surface area contributed by atoms with Gasteiger partial charge in [-0.15, -0.1) is 0 Å². The van der Waals surface area contributed by atoms with Crippen LogP contribution < -0.4 is 16.0 Å². The summed E-state index contributed by atoms with van der Waals surface area (Å²) in [5.74, 6) is 6.51. The summed E-state index contributed by atoms with van der Waals surface area (Å²) in [7, 11) is 0. The highest BCUT2D eigenvalue weighted by atomic mass is 35.5. The summed E-state index contributed by atoms with van der Waals surface area (Å²) in [6.07, 6.45) is 2.42. The molecule has 2 aromatic heterocycles. The molecule has 2 unspecified atom stereocenters. The average molecular weight is 453 g/mol. The Labute approximate surface area is 189 Å². The first-order valence-electron chi connectivity index (χ1n) is 9.76. The van der Waals surface area contributed by atoms with Crippen LogP contribution in [0.4, 0.5) is 23.1 Å². The number of aromatic nitrogens is 3. The standard InChI is InChI=1S/C22H21ClN6O3/c1-22(31,18-5-3-15(23)13-26-18)8-6-14-2-4-16-17(12-14)29(21(27-16)32-11-10-30)19-7-9-25-20(24)28-19/h2-5,7,9,12-13,21,27,30-31H,10-11H2,1H3,(H2,24,25,28). The molecule has 0 fully saturated rings. The third-order valence-electron chi connectivity index (χ3n) is 4.72. The zero-order chi connectivity index (χ0) is 22.7. The van der Waals surface area contributed by atoms with E-state index >= 15 is 0 Å². The molecule has 164 valence electrons. The molecule has 1 aliphatic rings. The van der Waals surface area contributed by atoms with Gasteiger partial charge in [0.2, 0.25) is 12.3 Å². The number of fused-ring (bicyclic) bond motifs is 1. The molecule has 0 radical (unpaired) electrons. The summed E-state index contributed by atoms with van der Waals surface area (Å²) in [6.45, 7) is 1.57. The Kier molecular flexibility index (Phi) is 6.12. The van der Waals surface area contributed by atoms with Gasteiger partial charge in [-0.05, 0) is 43.3 Å². The summed E-state index contributed by atoms with van der Waals surface area (Å²) >= 11 is 5.87. The van der Waals surface area contributed by atoms with Gasteiger partial charge in [0.05, 0.1) is 35.3 Å². The number of benzene rings is 1. The number of aliphatic hydroxyl groups excluding tert-OH is 1. The maximum Gasteiger partial charge on any atom is 0.221 e. The van der Waals surface area contributed by atoms with Crippen LogP contribution in [0.15, 0.2) is 48.8 Å². The number of rotatable bonds is 5. The van der Waals surface area contributed by atoms with Gasteiger partial charge in [-0.1, -0.05) is 23.4 Å². The number of halogens is 1. The molecule has 1 aliphatic heterocycles. The summed E-state index contributed by atoms with van der Waals surface area (Å²) in [6, 6.07) is 10.5. The molecule has 10 heteroatoms. The Morgan fingerprint density at radius 1 is 1.28 bits per heavy atom. The number of nitrogens with one attached hydrogen (secondary N) is 1. The SMILES string of the molecule is CC(O)(C#Cc1ccc2c(c1)N(c1ccnc(N)n1)C(OCCO)N2)c1ccc(Cl)cn1. The first-order chi connectivity index (χ1) is 15.4. The maximum atomic E-state index is 10.8. The van der Waals surface area contributed by atoms with Crippen molar-refractivity contribution in [3.05, 3.63) is 65.1 Å². The number of pyridine rings is 1. The molecule has 9 nitrogen and oxygen atoms in total. The van der Waals surface area contributed by atoms with Gasteiger partial charge in [-0.25, -0.2) is 4.98 Å². The summed E-state index contributed by atoms with van der Waals surface area (Å²) in [5.41, 5.74) is 6.91. The minimum Gasteiger partial charge on any atom is -0.394 e. The zero-order valence-corrected chi connectivity index (χ0v) is 17.9. The molecule has 0 spiro atoms. The molecule has 2 atom stereocenters. The highest BCUT2D eigenvalue weighted by molar-refractivity contribution is 6.30. The molecule has 0 amide bonds. The lowest BCUT2D eigenvalue weighted by Crippen LogP contribution is -2.36. The number of hydrogen-bond donors (Lipinski definition) is 4. The van der Waals surface area contributed by atoms with Crippen LogP contribution in [0.5, 0.6) is 0 Å². The number of hydrogen-bond acceptors (Lipinski definition) is 9. The van der Waals surface area contributed by atoms with Crippen molar-refractivity contribution in [3.8, 4) is 11.8 Å². The molecule has 4 rings (SSSR count). The van der Waals surface area contributed by atoms with Gasteiger partial charge < -0.3 is 26.0 Å². The van der Waals surface area contributed by atoms with E-state index in [4.69, 9.17) is 22.1 Å². The van der Waals surface area contributed by atoms with Crippen molar-refractivity contribution in [1.82, 2.24) is 15.0 Å². The summed E-state index contributed by atoms with van der Waals surface area (Å²) in [5, 5.41) is 23.6. The predicted octanol–water partition coefficient (Wildman–Crippen LogP) is 2.22. The van der Waals surface area contributed by atoms with Crippen molar-refractivity contribution in [2.24, 2.45) is 0 Å². The molecule has 32 heavy (non-hydrogen) atoms. The fraction of sp³-hybridized carbons (Fsp3) is 0.227. The van der Waals surface area contributed by atoms with Crippen molar-refractivity contribution in [3.63, 3.8) is 0 Å². The van der Waals surface area contributed by atoms with Gasteiger partial charge in [0.1, 0.15) is 5.82 Å². The lowest BCUT2D eigenvalue weighted by Gasteiger charge is -2.25. The third-order valence-corrected chi connectivity index (χ3v) is 4.94. The van der Waals surface area contributed by atoms with Crippen molar-refractivity contribution < 1.29 is 14.9 Å². The normalized spacial score (nSPS) is 16.5. The fourth-order valence-corrected chi connectivity index (χ4v) is 3.31. The number of nitrogen functional groups attached to an aromatic ring is 1. The smallest absolute Gasteiger partial charge is 0.221 e. The van der Waals surface area contributed by atoms with Crippen LogP contribution in [-0.2, 0) is 10.3 Å². The molecule has 0 bridgehead atoms. The third kappa shape index (κ3) is 4.59. The minimum absolute atomic E-state index is 0.124. The van der Waals surface area contributed by atoms with Gasteiger partial charge in [-0.3, -0.25) is 9.88 Å². The van der Waals surface area contributed by atoms with Gasteiger partial charge >= 0.3 is 0 Å². The van der Waals surface area contributed by atoms with Crippen molar-refractivity contribution in [2.45, 2.75) is 18.9 Å². The number of anilines is 4. The van der Waals surface area contributed by atoms with E-state index in [1.165, 1.54) is 6.20 Å². The topological polar surface area (TPSA) is 130 Å². The van der Waals surface area contributed by atoms with E-state index in [0.29, 0.717) is 22.1 Å². The fourth-order valence-electron chi connectivity index (χ4n) is 3.20. The number of nitrogens with two attached hydrogens (primary N) is 1. The Morgan fingerprint density at radius 2 is 2.12 bits per heavy atom. The van der Waals surface area contributed by atoms with E-state index in [1.54, 1.807) is 36.2 Å². The van der Waals surface area contributed by atoms with Gasteiger partial charge in [-0.2, -0.15) is 4.98 Å². The second-order valence-electron chi connectivity index (χ2n) is 7.15. The molecule has 0 aliphatic carbocycles. The average Bonchev–Trinajstić information content (AvgIpc) is 3.14. The second-order valence-corrected chi connectivity index (χ2v) is 7.59. The number of nitrogens with zero attached hydrogens (tertiary/aromatic N) is 4. The molecule has 1 aromatic carbocycles. The van der Waals surface area contributed by atoms with E-state index in [9.17, 15) is 10.2 Å². The van der Waals surface area contributed by atoms with Gasteiger partial charge in [0.25, 0.3) is 0 Å². The Morgan fingerprint density at radius 3 is 2.84 bits per heavy atom. The maximum absolute atomic E-state index is 10.8. The lowest BCUT2D eigenvalue weighted by molar-refractivity contribution is 0.0505. The molecule has 0 saturated carbocycles. The predicted molar refractivity (Wildman–Crippen MR) is 121 cm³/mol. The lowest BCUT2D eigenvalue weighted by atomic mass is 10.0. The van der Waals surface area contributed by atoms with Crippen LogP contribution in [0.1, 0.15) is 18.2 Å². The second kappa shape index (κ2) is 8.98. The quantitative estimate of drug-likeness (QED) is 0.430. The van der Waals surface area contributed by atoms with E-state index in [2.05, 4.69) is 32.1 Å². The number of ether oxygens (including phenoxy) is 1. The molecule has 0 saturated heterocycles.